The molecule has 0 bridgehead atoms. The van der Waals surface area contributed by atoms with Crippen molar-refractivity contribution in [2.24, 2.45) is 5.92 Å². The molecule has 0 aliphatic heterocycles. The van der Waals surface area contributed by atoms with Gasteiger partial charge in [-0.05, 0) is 14.0 Å². The molecule has 0 radical (unpaired) electrons. The zero-order valence-electron chi connectivity index (χ0n) is 12.7. The summed E-state index contributed by atoms with van der Waals surface area (Å²) >= 11 is 0. The van der Waals surface area contributed by atoms with Crippen molar-refractivity contribution in [3.8, 4) is 0 Å². The Labute approximate surface area is 115 Å². The number of hydrogen-bond acceptors (Lipinski definition) is 4. The quantitative estimate of drug-likeness (QED) is 0.655. The van der Waals surface area contributed by atoms with E-state index in [1.165, 1.54) is 14.0 Å². The van der Waals surface area contributed by atoms with Crippen molar-refractivity contribution in [2.45, 2.75) is 53.5 Å². The summed E-state index contributed by atoms with van der Waals surface area (Å²) in [6, 6.07) is -0.725. The van der Waals surface area contributed by atoms with E-state index in [1.807, 2.05) is 27.7 Å². The average molecular weight is 277 g/mol. The Morgan fingerprint density at radius 2 is 1.26 bits per heavy atom. The first-order chi connectivity index (χ1) is 8.88. The van der Waals surface area contributed by atoms with E-state index in [0.29, 0.717) is 0 Å². The highest BCUT2D eigenvalue weighted by Gasteiger charge is 2.28. The summed E-state index contributed by atoms with van der Waals surface area (Å²) in [6.45, 7) is 9.30. The molecule has 0 aromatic carbocycles. The van der Waals surface area contributed by atoms with Crippen LogP contribution in [0.3, 0.4) is 0 Å². The van der Waals surface area contributed by atoms with E-state index in [1.54, 1.807) is 0 Å². The third-order valence-electron chi connectivity index (χ3n) is 2.09. The Morgan fingerprint density at radius 3 is 1.42 bits per heavy atom. The van der Waals surface area contributed by atoms with Gasteiger partial charge in [0.25, 0.3) is 0 Å². The summed E-state index contributed by atoms with van der Waals surface area (Å²) in [5, 5.41) is 19.8. The van der Waals surface area contributed by atoms with Crippen LogP contribution in [-0.2, 0) is 14.4 Å². The SMILES string of the molecule is CC.CC.CNC(C(C)=O)C(CC(=O)O)CC(=O)O. The molecule has 114 valence electrons. The highest BCUT2D eigenvalue weighted by Crippen LogP contribution is 2.15. The van der Waals surface area contributed by atoms with Gasteiger partial charge in [0.2, 0.25) is 0 Å². The molecule has 0 amide bonds. The summed E-state index contributed by atoms with van der Waals surface area (Å²) in [5.41, 5.74) is 0. The van der Waals surface area contributed by atoms with E-state index in [-0.39, 0.29) is 18.6 Å². The molecular formula is C13H27NO5. The van der Waals surface area contributed by atoms with Crippen molar-refractivity contribution >= 4 is 17.7 Å². The van der Waals surface area contributed by atoms with Gasteiger partial charge < -0.3 is 15.5 Å². The van der Waals surface area contributed by atoms with Crippen LogP contribution in [0.4, 0.5) is 0 Å². The molecule has 1 unspecified atom stereocenters. The molecule has 0 aromatic heterocycles. The molecule has 0 rings (SSSR count). The van der Waals surface area contributed by atoms with Gasteiger partial charge in [-0.1, -0.05) is 27.7 Å². The largest absolute Gasteiger partial charge is 0.481 e. The number of rotatable bonds is 7. The molecule has 0 aromatic rings. The third kappa shape index (κ3) is 12.8. The second kappa shape index (κ2) is 14.6. The molecular weight excluding hydrogens is 250 g/mol. The third-order valence-corrected chi connectivity index (χ3v) is 2.09. The van der Waals surface area contributed by atoms with E-state index in [0.717, 1.165) is 0 Å². The van der Waals surface area contributed by atoms with Crippen LogP contribution < -0.4 is 5.32 Å². The van der Waals surface area contributed by atoms with Crippen molar-refractivity contribution in [3.63, 3.8) is 0 Å². The summed E-state index contributed by atoms with van der Waals surface area (Å²) in [7, 11) is 1.50. The van der Waals surface area contributed by atoms with Gasteiger partial charge in [0.15, 0.2) is 0 Å². The highest BCUT2D eigenvalue weighted by molar-refractivity contribution is 5.83. The number of ketones is 1. The lowest BCUT2D eigenvalue weighted by Crippen LogP contribution is -2.41. The number of aliphatic carboxylic acids is 2. The molecule has 0 aliphatic carbocycles. The van der Waals surface area contributed by atoms with E-state index < -0.39 is 23.9 Å². The minimum absolute atomic E-state index is 0.259. The number of carboxylic acid groups (broad SMARTS) is 2. The standard InChI is InChI=1S/C9H15NO5.2C2H6/c1-5(11)9(10-2)6(3-7(12)13)4-8(14)15;2*1-2/h6,9-10H,3-4H2,1-2H3,(H,12,13)(H,14,15);2*1-2H3. The van der Waals surface area contributed by atoms with Gasteiger partial charge in [0, 0.05) is 5.92 Å². The van der Waals surface area contributed by atoms with Gasteiger partial charge in [0.1, 0.15) is 5.78 Å². The van der Waals surface area contributed by atoms with E-state index in [4.69, 9.17) is 10.2 Å². The lowest BCUT2D eigenvalue weighted by molar-refractivity contribution is -0.141. The second-order valence-electron chi connectivity index (χ2n) is 3.33. The first-order valence-corrected chi connectivity index (χ1v) is 6.49. The fourth-order valence-electron chi connectivity index (χ4n) is 1.53. The molecule has 6 nitrogen and oxygen atoms in total. The Bertz CT molecular complexity index is 250. The maximum absolute atomic E-state index is 11.1. The Balaban J connectivity index is -0.000000579. The van der Waals surface area contributed by atoms with Crippen LogP contribution in [0.1, 0.15) is 47.5 Å². The van der Waals surface area contributed by atoms with E-state index in [9.17, 15) is 14.4 Å². The van der Waals surface area contributed by atoms with Crippen LogP contribution >= 0.6 is 0 Å². The Hall–Kier alpha value is -1.43. The first-order valence-electron chi connectivity index (χ1n) is 6.49. The maximum Gasteiger partial charge on any atom is 0.303 e. The van der Waals surface area contributed by atoms with Crippen LogP contribution in [0.15, 0.2) is 0 Å². The molecule has 19 heavy (non-hydrogen) atoms. The van der Waals surface area contributed by atoms with E-state index >= 15 is 0 Å². The topological polar surface area (TPSA) is 104 Å². The number of Topliss-reactive ketones (excluding diaryl/α,β-unsaturated/α-hetero) is 1. The fourth-order valence-corrected chi connectivity index (χ4v) is 1.53. The average Bonchev–Trinajstić information content (AvgIpc) is 2.33. The first kappa shape index (κ1) is 22.7. The molecule has 0 saturated carbocycles. The minimum atomic E-state index is -1.11. The zero-order chi connectivity index (χ0) is 16.0. The van der Waals surface area contributed by atoms with Gasteiger partial charge in [-0.2, -0.15) is 0 Å². The number of carbonyl (C=O) groups excluding carboxylic acids is 1. The Morgan fingerprint density at radius 1 is 0.947 bits per heavy atom. The van der Waals surface area contributed by atoms with Crippen molar-refractivity contribution in [1.29, 1.82) is 0 Å². The summed E-state index contributed by atoms with van der Waals surface area (Å²) < 4.78 is 0. The van der Waals surface area contributed by atoms with Gasteiger partial charge in [0.05, 0.1) is 18.9 Å². The predicted octanol–water partition coefficient (Wildman–Crippen LogP) is 1.78. The van der Waals surface area contributed by atoms with Crippen LogP contribution in [0, 0.1) is 5.92 Å². The molecule has 0 fully saturated rings. The summed E-state index contributed by atoms with van der Waals surface area (Å²) in [6.07, 6.45) is -0.672. The van der Waals surface area contributed by atoms with Crippen LogP contribution in [0.25, 0.3) is 0 Å². The van der Waals surface area contributed by atoms with Gasteiger partial charge in [-0.3, -0.25) is 14.4 Å². The summed E-state index contributed by atoms with van der Waals surface area (Å²) in [5.74, 6) is -3.20. The number of likely N-dealkylation sites (N-methyl/N-ethyl adjacent to an activating group) is 1. The molecule has 0 aliphatic rings. The monoisotopic (exact) mass is 277 g/mol. The highest BCUT2D eigenvalue weighted by atomic mass is 16.4. The van der Waals surface area contributed by atoms with Crippen LogP contribution in [0.5, 0.6) is 0 Å². The fraction of sp³-hybridized carbons (Fsp3) is 0.769. The van der Waals surface area contributed by atoms with Crippen molar-refractivity contribution in [1.82, 2.24) is 5.32 Å². The molecule has 1 atom stereocenters. The van der Waals surface area contributed by atoms with Gasteiger partial charge in [-0.15, -0.1) is 0 Å². The zero-order valence-corrected chi connectivity index (χ0v) is 12.7. The number of nitrogens with one attached hydrogen (secondary N) is 1. The predicted molar refractivity (Wildman–Crippen MR) is 74.2 cm³/mol. The molecule has 3 N–H and O–H groups in total. The maximum atomic E-state index is 11.1. The lowest BCUT2D eigenvalue weighted by Gasteiger charge is -2.21. The van der Waals surface area contributed by atoms with E-state index in [2.05, 4.69) is 5.32 Å². The number of carbonyl (C=O) groups is 3. The lowest BCUT2D eigenvalue weighted by atomic mass is 9.90. The molecule has 0 spiro atoms. The van der Waals surface area contributed by atoms with Gasteiger partial charge >= 0.3 is 11.9 Å². The van der Waals surface area contributed by atoms with Crippen molar-refractivity contribution in [3.05, 3.63) is 0 Å². The molecule has 6 heteroatoms. The number of hydrogen-bond donors (Lipinski definition) is 3. The van der Waals surface area contributed by atoms with Crippen molar-refractivity contribution < 1.29 is 24.6 Å². The molecule has 0 saturated heterocycles. The summed E-state index contributed by atoms with van der Waals surface area (Å²) in [4.78, 5) is 32.1. The Kier molecular flexibility index (Phi) is 17.5. The van der Waals surface area contributed by atoms with Gasteiger partial charge in [-0.25, -0.2) is 0 Å². The second-order valence-corrected chi connectivity index (χ2v) is 3.33. The van der Waals surface area contributed by atoms with Crippen LogP contribution in [0.2, 0.25) is 0 Å². The molecule has 0 heterocycles. The minimum Gasteiger partial charge on any atom is -0.481 e. The number of carboxylic acids is 2. The van der Waals surface area contributed by atoms with Crippen LogP contribution in [-0.4, -0.2) is 41.0 Å². The normalized spacial score (nSPS) is 10.5. The van der Waals surface area contributed by atoms with Crippen molar-refractivity contribution in [2.75, 3.05) is 7.05 Å². The smallest absolute Gasteiger partial charge is 0.303 e.